The highest BCUT2D eigenvalue weighted by Gasteiger charge is 2.25. The van der Waals surface area contributed by atoms with Crippen molar-refractivity contribution in [3.05, 3.63) is 16.0 Å². The number of amides is 2. The van der Waals surface area contributed by atoms with Crippen LogP contribution in [-0.2, 0) is 22.4 Å². The quantitative estimate of drug-likeness (QED) is 0.526. The number of nitrogens with one attached hydrogen (secondary N) is 2. The smallest absolute Gasteiger partial charge is 0.251 e. The minimum atomic E-state index is -0.474. The lowest BCUT2D eigenvalue weighted by atomic mass is 9.95. The first-order valence-electron chi connectivity index (χ1n) is 9.66. The molecule has 1 aliphatic carbocycles. The van der Waals surface area contributed by atoms with Crippen LogP contribution in [0.3, 0.4) is 0 Å². The third kappa shape index (κ3) is 5.08. The largest absolute Gasteiger partial charge is 0.376 e. The molecule has 156 valence electrons. The third-order valence-corrected chi connectivity index (χ3v) is 8.13. The molecule has 1 fully saturated rings. The van der Waals surface area contributed by atoms with E-state index in [1.165, 1.54) is 39.3 Å². The summed E-state index contributed by atoms with van der Waals surface area (Å²) in [6, 6.07) is 0. The Balaban J connectivity index is 1.30. The van der Waals surface area contributed by atoms with Gasteiger partial charge in [0.1, 0.15) is 5.00 Å². The second kappa shape index (κ2) is 9.41. The molecule has 1 saturated heterocycles. The zero-order valence-corrected chi connectivity index (χ0v) is 18.3. The van der Waals surface area contributed by atoms with Crippen molar-refractivity contribution in [2.45, 2.75) is 49.0 Å². The van der Waals surface area contributed by atoms with Gasteiger partial charge < -0.3 is 21.1 Å². The minimum Gasteiger partial charge on any atom is -0.376 e. The molecule has 1 atom stereocenters. The predicted molar refractivity (Wildman–Crippen MR) is 116 cm³/mol. The molecule has 0 spiro atoms. The number of thiophene rings is 1. The molecular formula is C18H23N5O3S3. The molecule has 11 heteroatoms. The van der Waals surface area contributed by atoms with Gasteiger partial charge in [-0.25, -0.2) is 0 Å². The SMILES string of the molecule is NC(=O)c1c(NC(=O)CSc2nnc(NCC3CCCO3)s2)sc2c1CCCC2. The standard InChI is InChI=1S/C18H23N5O3S3/c19-15(25)14-11-5-1-2-6-12(11)28-16(14)21-13(24)9-27-18-23-22-17(29-18)20-8-10-4-3-7-26-10/h10H,1-9H2,(H2,19,25)(H,20,22)(H,21,24). The summed E-state index contributed by atoms with van der Waals surface area (Å²) in [5.41, 5.74) is 7.08. The van der Waals surface area contributed by atoms with Crippen LogP contribution in [0.4, 0.5) is 10.1 Å². The van der Waals surface area contributed by atoms with Crippen LogP contribution < -0.4 is 16.4 Å². The fourth-order valence-electron chi connectivity index (χ4n) is 3.55. The number of anilines is 2. The maximum absolute atomic E-state index is 12.4. The Morgan fingerprint density at radius 1 is 1.21 bits per heavy atom. The first-order valence-corrected chi connectivity index (χ1v) is 12.3. The average Bonchev–Trinajstić information content (AvgIpc) is 3.43. The van der Waals surface area contributed by atoms with Gasteiger partial charge in [-0.05, 0) is 44.1 Å². The van der Waals surface area contributed by atoms with Gasteiger partial charge in [-0.2, -0.15) is 0 Å². The number of carbonyl (C=O) groups is 2. The lowest BCUT2D eigenvalue weighted by molar-refractivity contribution is -0.113. The molecule has 1 aliphatic heterocycles. The van der Waals surface area contributed by atoms with Crippen molar-refractivity contribution in [2.75, 3.05) is 29.5 Å². The van der Waals surface area contributed by atoms with Gasteiger partial charge in [-0.15, -0.1) is 21.5 Å². The number of thioether (sulfide) groups is 1. The van der Waals surface area contributed by atoms with Gasteiger partial charge in [0.2, 0.25) is 11.0 Å². The second-order valence-corrected chi connectivity index (χ2v) is 10.3. The number of carbonyl (C=O) groups excluding carboxylic acids is 2. The highest BCUT2D eigenvalue weighted by atomic mass is 32.2. The van der Waals surface area contributed by atoms with Crippen LogP contribution in [0.15, 0.2) is 4.34 Å². The Morgan fingerprint density at radius 3 is 2.86 bits per heavy atom. The molecule has 3 heterocycles. The van der Waals surface area contributed by atoms with E-state index in [1.54, 1.807) is 0 Å². The van der Waals surface area contributed by atoms with E-state index < -0.39 is 5.91 Å². The molecule has 2 aromatic rings. The summed E-state index contributed by atoms with van der Waals surface area (Å²) in [6.07, 6.45) is 6.34. The Morgan fingerprint density at radius 2 is 2.07 bits per heavy atom. The molecule has 2 aliphatic rings. The van der Waals surface area contributed by atoms with Gasteiger partial charge >= 0.3 is 0 Å². The minimum absolute atomic E-state index is 0.180. The lowest BCUT2D eigenvalue weighted by Crippen LogP contribution is -2.19. The van der Waals surface area contributed by atoms with Crippen LogP contribution >= 0.6 is 34.4 Å². The predicted octanol–water partition coefficient (Wildman–Crippen LogP) is 2.90. The fraction of sp³-hybridized carbons (Fsp3) is 0.556. The van der Waals surface area contributed by atoms with Gasteiger partial charge in [-0.1, -0.05) is 23.1 Å². The van der Waals surface area contributed by atoms with Crippen LogP contribution in [0.25, 0.3) is 0 Å². The number of primary amides is 1. The summed E-state index contributed by atoms with van der Waals surface area (Å²) in [5.74, 6) is -0.459. The summed E-state index contributed by atoms with van der Waals surface area (Å²) in [7, 11) is 0. The van der Waals surface area contributed by atoms with E-state index in [1.807, 2.05) is 0 Å². The van der Waals surface area contributed by atoms with Crippen LogP contribution in [0.1, 0.15) is 46.5 Å². The maximum Gasteiger partial charge on any atom is 0.251 e. The number of ether oxygens (including phenoxy) is 1. The Kier molecular flexibility index (Phi) is 6.68. The number of nitrogens with two attached hydrogens (primary N) is 1. The number of fused-ring (bicyclic) bond motifs is 1. The Labute approximate surface area is 181 Å². The molecule has 29 heavy (non-hydrogen) atoms. The van der Waals surface area contributed by atoms with E-state index in [9.17, 15) is 9.59 Å². The van der Waals surface area contributed by atoms with E-state index in [2.05, 4.69) is 20.8 Å². The number of hydrogen-bond donors (Lipinski definition) is 3. The molecular weight excluding hydrogens is 430 g/mol. The van der Waals surface area contributed by atoms with Gasteiger partial charge in [-0.3, -0.25) is 9.59 Å². The Bertz CT molecular complexity index is 891. The highest BCUT2D eigenvalue weighted by Crippen LogP contribution is 2.38. The number of nitrogens with zero attached hydrogens (tertiary/aromatic N) is 2. The zero-order chi connectivity index (χ0) is 20.2. The highest BCUT2D eigenvalue weighted by molar-refractivity contribution is 8.01. The summed E-state index contributed by atoms with van der Waals surface area (Å²) in [5, 5.41) is 15.6. The van der Waals surface area contributed by atoms with Crippen molar-refractivity contribution >= 4 is 56.4 Å². The summed E-state index contributed by atoms with van der Waals surface area (Å²) in [4.78, 5) is 25.5. The van der Waals surface area contributed by atoms with Crippen LogP contribution in [0.2, 0.25) is 0 Å². The summed E-state index contributed by atoms with van der Waals surface area (Å²) >= 11 is 4.22. The summed E-state index contributed by atoms with van der Waals surface area (Å²) < 4.78 is 6.30. The Hall–Kier alpha value is -1.69. The van der Waals surface area contributed by atoms with Crippen molar-refractivity contribution in [2.24, 2.45) is 5.73 Å². The number of rotatable bonds is 8. The van der Waals surface area contributed by atoms with Crippen LogP contribution in [0, 0.1) is 0 Å². The van der Waals surface area contributed by atoms with Crippen molar-refractivity contribution in [3.8, 4) is 0 Å². The average molecular weight is 454 g/mol. The van der Waals surface area contributed by atoms with E-state index in [0.29, 0.717) is 10.6 Å². The lowest BCUT2D eigenvalue weighted by Gasteiger charge is -2.11. The second-order valence-electron chi connectivity index (χ2n) is 7.01. The van der Waals surface area contributed by atoms with Gasteiger partial charge in [0.25, 0.3) is 5.91 Å². The van der Waals surface area contributed by atoms with E-state index in [0.717, 1.165) is 66.7 Å². The number of hydrogen-bond acceptors (Lipinski definition) is 9. The zero-order valence-electron chi connectivity index (χ0n) is 15.9. The van der Waals surface area contributed by atoms with Crippen molar-refractivity contribution < 1.29 is 14.3 Å². The first-order chi connectivity index (χ1) is 14.1. The molecule has 0 saturated carbocycles. The van der Waals surface area contributed by atoms with Crippen molar-refractivity contribution in [3.63, 3.8) is 0 Å². The number of aromatic nitrogens is 2. The molecule has 2 aromatic heterocycles. The monoisotopic (exact) mass is 453 g/mol. The van der Waals surface area contributed by atoms with E-state index in [4.69, 9.17) is 10.5 Å². The molecule has 1 unspecified atom stereocenters. The van der Waals surface area contributed by atoms with Crippen molar-refractivity contribution in [1.29, 1.82) is 0 Å². The third-order valence-electron chi connectivity index (χ3n) is 4.91. The fourth-order valence-corrected chi connectivity index (χ4v) is 6.42. The molecule has 0 aromatic carbocycles. The van der Waals surface area contributed by atoms with Crippen LogP contribution in [0.5, 0.6) is 0 Å². The molecule has 0 bridgehead atoms. The molecule has 8 nitrogen and oxygen atoms in total. The summed E-state index contributed by atoms with van der Waals surface area (Å²) in [6.45, 7) is 1.54. The van der Waals surface area contributed by atoms with Crippen LogP contribution in [-0.4, -0.2) is 47.0 Å². The van der Waals surface area contributed by atoms with E-state index >= 15 is 0 Å². The normalized spacial score (nSPS) is 18.4. The number of aryl methyl sites for hydroxylation is 1. The molecule has 0 radical (unpaired) electrons. The molecule has 4 N–H and O–H groups in total. The van der Waals surface area contributed by atoms with Crippen molar-refractivity contribution in [1.82, 2.24) is 10.2 Å². The van der Waals surface area contributed by atoms with Gasteiger partial charge in [0.05, 0.1) is 17.4 Å². The van der Waals surface area contributed by atoms with E-state index in [-0.39, 0.29) is 17.8 Å². The molecule has 4 rings (SSSR count). The topological polar surface area (TPSA) is 119 Å². The van der Waals surface area contributed by atoms with Gasteiger partial charge in [0, 0.05) is 18.0 Å². The first kappa shape index (κ1) is 20.6. The van der Waals surface area contributed by atoms with Gasteiger partial charge in [0.15, 0.2) is 4.34 Å². The maximum atomic E-state index is 12.4. The molecule has 2 amide bonds.